The zero-order valence-corrected chi connectivity index (χ0v) is 7.10. The van der Waals surface area contributed by atoms with E-state index in [1.165, 1.54) is 0 Å². The van der Waals surface area contributed by atoms with Crippen molar-refractivity contribution in [2.45, 2.75) is 18.6 Å². The van der Waals surface area contributed by atoms with Crippen LogP contribution < -0.4 is 5.32 Å². The molecular weight excluding hydrogens is 166 g/mol. The third-order valence-corrected chi connectivity index (χ3v) is 2.28. The zero-order valence-electron chi connectivity index (χ0n) is 7.10. The van der Waals surface area contributed by atoms with Crippen LogP contribution >= 0.6 is 0 Å². The smallest absolute Gasteiger partial charge is 0.249 e. The molecular formula is C10H11NO2. The molecule has 0 spiro atoms. The molecule has 1 amide bonds. The number of aliphatic hydroxyl groups excluding tert-OH is 1. The molecule has 68 valence electrons. The molecule has 2 unspecified atom stereocenters. The van der Waals surface area contributed by atoms with Gasteiger partial charge in [-0.2, -0.15) is 0 Å². The van der Waals surface area contributed by atoms with Crippen LogP contribution in [0, 0.1) is 0 Å². The lowest BCUT2D eigenvalue weighted by atomic mass is 10.1. The van der Waals surface area contributed by atoms with Crippen molar-refractivity contribution < 1.29 is 9.90 Å². The summed E-state index contributed by atoms with van der Waals surface area (Å²) in [6.07, 6.45) is -0.367. The van der Waals surface area contributed by atoms with Crippen LogP contribution in [0.3, 0.4) is 0 Å². The molecule has 0 aliphatic carbocycles. The van der Waals surface area contributed by atoms with Crippen LogP contribution in [0.5, 0.6) is 0 Å². The fourth-order valence-electron chi connectivity index (χ4n) is 1.56. The average Bonchev–Trinajstić information content (AvgIpc) is 2.49. The minimum atomic E-state index is -0.842. The van der Waals surface area contributed by atoms with Crippen molar-refractivity contribution in [2.75, 3.05) is 0 Å². The maximum Gasteiger partial charge on any atom is 0.249 e. The summed E-state index contributed by atoms with van der Waals surface area (Å²) in [5, 5.41) is 11.9. The number of benzene rings is 1. The van der Waals surface area contributed by atoms with Crippen LogP contribution in [0.2, 0.25) is 0 Å². The second kappa shape index (κ2) is 3.18. The Morgan fingerprint density at radius 1 is 1.31 bits per heavy atom. The minimum Gasteiger partial charge on any atom is -0.383 e. The SMILES string of the molecule is O=C1NC(c2ccccc2)CC1O. The maximum absolute atomic E-state index is 11.0. The summed E-state index contributed by atoms with van der Waals surface area (Å²) >= 11 is 0. The summed E-state index contributed by atoms with van der Waals surface area (Å²) in [5.74, 6) is -0.270. The number of carbonyl (C=O) groups excluding carboxylic acids is 1. The van der Waals surface area contributed by atoms with E-state index in [9.17, 15) is 9.90 Å². The Kier molecular flexibility index (Phi) is 2.02. The van der Waals surface area contributed by atoms with Gasteiger partial charge in [0.25, 0.3) is 0 Å². The lowest BCUT2D eigenvalue weighted by Gasteiger charge is -2.08. The van der Waals surface area contributed by atoms with Crippen molar-refractivity contribution in [3.8, 4) is 0 Å². The van der Waals surface area contributed by atoms with Gasteiger partial charge in [0.05, 0.1) is 6.04 Å². The Balaban J connectivity index is 2.17. The number of amides is 1. The Hall–Kier alpha value is -1.35. The van der Waals surface area contributed by atoms with Gasteiger partial charge in [-0.3, -0.25) is 4.79 Å². The Bertz CT molecular complexity index is 310. The van der Waals surface area contributed by atoms with E-state index >= 15 is 0 Å². The third kappa shape index (κ3) is 1.55. The molecule has 1 heterocycles. The van der Waals surface area contributed by atoms with Crippen LogP contribution in [0.25, 0.3) is 0 Å². The number of aliphatic hydroxyl groups is 1. The van der Waals surface area contributed by atoms with Crippen molar-refractivity contribution in [3.63, 3.8) is 0 Å². The summed E-state index contributed by atoms with van der Waals surface area (Å²) < 4.78 is 0. The van der Waals surface area contributed by atoms with Gasteiger partial charge >= 0.3 is 0 Å². The molecule has 2 N–H and O–H groups in total. The van der Waals surface area contributed by atoms with Gasteiger partial charge in [-0.25, -0.2) is 0 Å². The van der Waals surface area contributed by atoms with Crippen molar-refractivity contribution in [2.24, 2.45) is 0 Å². The van der Waals surface area contributed by atoms with Crippen molar-refractivity contribution in [3.05, 3.63) is 35.9 Å². The van der Waals surface area contributed by atoms with Gasteiger partial charge in [0.2, 0.25) is 5.91 Å². The molecule has 3 heteroatoms. The zero-order chi connectivity index (χ0) is 9.26. The quantitative estimate of drug-likeness (QED) is 0.660. The van der Waals surface area contributed by atoms with Gasteiger partial charge in [-0.05, 0) is 5.56 Å². The van der Waals surface area contributed by atoms with Crippen LogP contribution in [0.15, 0.2) is 30.3 Å². The Morgan fingerprint density at radius 2 is 2.00 bits per heavy atom. The van der Waals surface area contributed by atoms with E-state index in [1.807, 2.05) is 30.3 Å². The molecule has 1 aliphatic rings. The fraction of sp³-hybridized carbons (Fsp3) is 0.300. The molecule has 0 aromatic heterocycles. The molecule has 1 saturated heterocycles. The van der Waals surface area contributed by atoms with E-state index in [4.69, 9.17) is 0 Å². The van der Waals surface area contributed by atoms with Crippen LogP contribution in [-0.4, -0.2) is 17.1 Å². The van der Waals surface area contributed by atoms with Gasteiger partial charge in [0.1, 0.15) is 6.10 Å². The number of carbonyl (C=O) groups is 1. The second-order valence-electron chi connectivity index (χ2n) is 3.22. The van der Waals surface area contributed by atoms with E-state index in [0.29, 0.717) is 6.42 Å². The van der Waals surface area contributed by atoms with Gasteiger partial charge in [0, 0.05) is 6.42 Å². The van der Waals surface area contributed by atoms with E-state index in [-0.39, 0.29) is 11.9 Å². The Labute approximate surface area is 76.4 Å². The standard InChI is InChI=1S/C10H11NO2/c12-9-6-8(11-10(9)13)7-4-2-1-3-5-7/h1-5,8-9,12H,6H2,(H,11,13). The summed E-state index contributed by atoms with van der Waals surface area (Å²) in [7, 11) is 0. The topological polar surface area (TPSA) is 49.3 Å². The molecule has 2 atom stereocenters. The largest absolute Gasteiger partial charge is 0.383 e. The fourth-order valence-corrected chi connectivity index (χ4v) is 1.56. The molecule has 1 aromatic rings. The van der Waals surface area contributed by atoms with Crippen LogP contribution in [-0.2, 0) is 4.79 Å². The highest BCUT2D eigenvalue weighted by atomic mass is 16.3. The first-order valence-electron chi connectivity index (χ1n) is 4.31. The van der Waals surface area contributed by atoms with Gasteiger partial charge in [-0.15, -0.1) is 0 Å². The molecule has 1 aromatic carbocycles. The van der Waals surface area contributed by atoms with Gasteiger partial charge < -0.3 is 10.4 Å². The predicted molar refractivity (Wildman–Crippen MR) is 47.9 cm³/mol. The number of hydrogen-bond donors (Lipinski definition) is 2. The number of rotatable bonds is 1. The summed E-state index contributed by atoms with van der Waals surface area (Å²) in [5.41, 5.74) is 1.05. The van der Waals surface area contributed by atoms with E-state index in [1.54, 1.807) is 0 Å². The predicted octanol–water partition coefficient (Wildman–Crippen LogP) is 0.608. The highest BCUT2D eigenvalue weighted by Gasteiger charge is 2.30. The van der Waals surface area contributed by atoms with E-state index in [2.05, 4.69) is 5.32 Å². The number of nitrogens with one attached hydrogen (secondary N) is 1. The van der Waals surface area contributed by atoms with Crippen LogP contribution in [0.1, 0.15) is 18.0 Å². The summed E-state index contributed by atoms with van der Waals surface area (Å²) in [4.78, 5) is 11.0. The molecule has 1 aliphatic heterocycles. The number of hydrogen-bond acceptors (Lipinski definition) is 2. The maximum atomic E-state index is 11.0. The first kappa shape index (κ1) is 8.26. The van der Waals surface area contributed by atoms with Crippen molar-refractivity contribution >= 4 is 5.91 Å². The molecule has 2 rings (SSSR count). The lowest BCUT2D eigenvalue weighted by Crippen LogP contribution is -2.23. The molecule has 0 radical (unpaired) electrons. The van der Waals surface area contributed by atoms with E-state index in [0.717, 1.165) is 5.56 Å². The summed E-state index contributed by atoms with van der Waals surface area (Å²) in [6, 6.07) is 9.64. The molecule has 0 saturated carbocycles. The first-order valence-corrected chi connectivity index (χ1v) is 4.31. The first-order chi connectivity index (χ1) is 6.27. The average molecular weight is 177 g/mol. The van der Waals surface area contributed by atoms with Gasteiger partial charge in [-0.1, -0.05) is 30.3 Å². The monoisotopic (exact) mass is 177 g/mol. The highest BCUT2D eigenvalue weighted by Crippen LogP contribution is 2.23. The second-order valence-corrected chi connectivity index (χ2v) is 3.22. The van der Waals surface area contributed by atoms with Crippen LogP contribution in [0.4, 0.5) is 0 Å². The highest BCUT2D eigenvalue weighted by molar-refractivity contribution is 5.83. The normalized spacial score (nSPS) is 27.3. The van der Waals surface area contributed by atoms with Gasteiger partial charge in [0.15, 0.2) is 0 Å². The molecule has 3 nitrogen and oxygen atoms in total. The third-order valence-electron chi connectivity index (χ3n) is 2.28. The Morgan fingerprint density at radius 3 is 2.54 bits per heavy atom. The molecule has 1 fully saturated rings. The van der Waals surface area contributed by atoms with Crippen molar-refractivity contribution in [1.29, 1.82) is 0 Å². The lowest BCUT2D eigenvalue weighted by molar-refractivity contribution is -0.126. The van der Waals surface area contributed by atoms with Crippen molar-refractivity contribution in [1.82, 2.24) is 5.32 Å². The molecule has 13 heavy (non-hydrogen) atoms. The minimum absolute atomic E-state index is 0.0244. The molecule has 0 bridgehead atoms. The summed E-state index contributed by atoms with van der Waals surface area (Å²) in [6.45, 7) is 0. The van der Waals surface area contributed by atoms with E-state index < -0.39 is 6.10 Å².